The zero-order chi connectivity index (χ0) is 19.2. The normalized spacial score (nSPS) is 10.6. The maximum absolute atomic E-state index is 12.6. The van der Waals surface area contributed by atoms with Crippen LogP contribution in [0.4, 0.5) is 0 Å². The molecular formula is C20H21N3O3S. The van der Waals surface area contributed by atoms with Crippen molar-refractivity contribution in [3.05, 3.63) is 59.5 Å². The van der Waals surface area contributed by atoms with Crippen molar-refractivity contribution >= 4 is 17.7 Å². The molecule has 3 rings (SSSR count). The van der Waals surface area contributed by atoms with Crippen LogP contribution in [0.2, 0.25) is 0 Å². The highest BCUT2D eigenvalue weighted by Gasteiger charge is 2.19. The van der Waals surface area contributed by atoms with Gasteiger partial charge in [-0.2, -0.15) is 0 Å². The summed E-state index contributed by atoms with van der Waals surface area (Å²) in [6, 6.07) is 11.4. The molecule has 3 aromatic rings. The van der Waals surface area contributed by atoms with Crippen molar-refractivity contribution in [2.24, 2.45) is 0 Å². The van der Waals surface area contributed by atoms with Crippen LogP contribution in [0, 0.1) is 13.8 Å². The summed E-state index contributed by atoms with van der Waals surface area (Å²) < 4.78 is 11.1. The highest BCUT2D eigenvalue weighted by Crippen LogP contribution is 2.25. The zero-order valence-electron chi connectivity index (χ0n) is 15.5. The summed E-state index contributed by atoms with van der Waals surface area (Å²) in [5.41, 5.74) is 2.15. The van der Waals surface area contributed by atoms with Crippen LogP contribution >= 0.6 is 11.8 Å². The van der Waals surface area contributed by atoms with E-state index < -0.39 is 0 Å². The van der Waals surface area contributed by atoms with E-state index in [1.165, 1.54) is 11.8 Å². The summed E-state index contributed by atoms with van der Waals surface area (Å²) in [5.74, 6) is 1.66. The van der Waals surface area contributed by atoms with Gasteiger partial charge < -0.3 is 14.5 Å². The number of hydrogen-bond acceptors (Lipinski definition) is 6. The van der Waals surface area contributed by atoms with Gasteiger partial charge >= 0.3 is 0 Å². The molecule has 1 N–H and O–H groups in total. The number of carbonyl (C=O) groups excluding carboxylic acids is 1. The fourth-order valence-corrected chi connectivity index (χ4v) is 3.23. The minimum absolute atomic E-state index is 0.212. The minimum atomic E-state index is -0.212. The molecule has 0 atom stereocenters. The third kappa shape index (κ3) is 4.49. The van der Waals surface area contributed by atoms with Gasteiger partial charge in [0.15, 0.2) is 11.6 Å². The molecule has 0 aliphatic heterocycles. The average molecular weight is 383 g/mol. The van der Waals surface area contributed by atoms with Crippen LogP contribution in [0.5, 0.6) is 5.75 Å². The zero-order valence-corrected chi connectivity index (χ0v) is 16.3. The van der Waals surface area contributed by atoms with E-state index >= 15 is 0 Å². The molecule has 0 unspecified atom stereocenters. The van der Waals surface area contributed by atoms with E-state index in [4.69, 9.17) is 9.15 Å². The quantitative estimate of drug-likeness (QED) is 0.379. The predicted octanol–water partition coefficient (Wildman–Crippen LogP) is 3.88. The summed E-state index contributed by atoms with van der Waals surface area (Å²) >= 11 is 1.40. The summed E-state index contributed by atoms with van der Waals surface area (Å²) in [6.45, 7) is 4.56. The summed E-state index contributed by atoms with van der Waals surface area (Å²) in [5, 5.41) is 3.49. The number of para-hydroxylation sites is 1. The maximum atomic E-state index is 12.6. The van der Waals surface area contributed by atoms with Gasteiger partial charge in [0.1, 0.15) is 17.4 Å². The molecule has 27 heavy (non-hydrogen) atoms. The van der Waals surface area contributed by atoms with Gasteiger partial charge in [-0.15, -0.1) is 11.8 Å². The number of ether oxygens (including phenoxy) is 1. The molecule has 140 valence electrons. The molecule has 0 saturated heterocycles. The molecule has 2 aromatic heterocycles. The molecule has 0 radical (unpaired) electrons. The van der Waals surface area contributed by atoms with Crippen molar-refractivity contribution in [1.29, 1.82) is 0 Å². The topological polar surface area (TPSA) is 77.2 Å². The second-order valence-corrected chi connectivity index (χ2v) is 6.66. The van der Waals surface area contributed by atoms with E-state index in [1.807, 2.05) is 37.4 Å². The molecule has 2 heterocycles. The second-order valence-electron chi connectivity index (χ2n) is 5.86. The Morgan fingerprint density at radius 3 is 2.70 bits per heavy atom. The first kappa shape index (κ1) is 19.0. The Balaban J connectivity index is 1.66. The third-order valence-corrected chi connectivity index (χ3v) is 4.64. The van der Waals surface area contributed by atoms with Gasteiger partial charge in [-0.1, -0.05) is 18.2 Å². The van der Waals surface area contributed by atoms with Gasteiger partial charge in [-0.05, 0) is 43.9 Å². The lowest BCUT2D eigenvalue weighted by Crippen LogP contribution is -2.29. The second kappa shape index (κ2) is 8.73. The van der Waals surface area contributed by atoms with E-state index in [0.29, 0.717) is 41.0 Å². The van der Waals surface area contributed by atoms with E-state index in [9.17, 15) is 4.79 Å². The Morgan fingerprint density at radius 2 is 2.00 bits per heavy atom. The van der Waals surface area contributed by atoms with Crippen LogP contribution in [0.3, 0.4) is 0 Å². The van der Waals surface area contributed by atoms with E-state index in [0.717, 1.165) is 11.3 Å². The first-order valence-corrected chi connectivity index (χ1v) is 9.75. The average Bonchev–Trinajstić information content (AvgIpc) is 3.20. The molecule has 7 heteroatoms. The molecule has 0 saturated carbocycles. The minimum Gasteiger partial charge on any atom is -0.491 e. The number of aromatic nitrogens is 2. The lowest BCUT2D eigenvalue weighted by Gasteiger charge is -2.12. The highest BCUT2D eigenvalue weighted by atomic mass is 32.2. The molecule has 0 bridgehead atoms. The van der Waals surface area contributed by atoms with E-state index in [2.05, 4.69) is 15.3 Å². The molecule has 0 fully saturated rings. The van der Waals surface area contributed by atoms with E-state index in [-0.39, 0.29) is 5.91 Å². The summed E-state index contributed by atoms with van der Waals surface area (Å²) in [4.78, 5) is 21.5. The smallest absolute Gasteiger partial charge is 0.256 e. The third-order valence-electron chi connectivity index (χ3n) is 3.96. The lowest BCUT2D eigenvalue weighted by molar-refractivity contribution is 0.0942. The summed E-state index contributed by atoms with van der Waals surface area (Å²) in [7, 11) is 0. The molecule has 0 spiro atoms. The first-order valence-electron chi connectivity index (χ1n) is 8.53. The number of aryl methyl sites for hydroxylation is 2. The van der Waals surface area contributed by atoms with Crippen LogP contribution in [0.15, 0.2) is 52.1 Å². The van der Waals surface area contributed by atoms with Crippen molar-refractivity contribution in [2.75, 3.05) is 19.4 Å². The molecule has 0 aliphatic carbocycles. The highest BCUT2D eigenvalue weighted by molar-refractivity contribution is 7.98. The largest absolute Gasteiger partial charge is 0.491 e. The van der Waals surface area contributed by atoms with Crippen LogP contribution in [-0.4, -0.2) is 35.3 Å². The lowest BCUT2D eigenvalue weighted by atomic mass is 10.2. The van der Waals surface area contributed by atoms with Crippen molar-refractivity contribution in [3.63, 3.8) is 0 Å². The molecule has 1 aromatic carbocycles. The monoisotopic (exact) mass is 383 g/mol. The molecule has 6 nitrogen and oxygen atoms in total. The number of amides is 1. The number of furan rings is 1. The predicted molar refractivity (Wildman–Crippen MR) is 105 cm³/mol. The summed E-state index contributed by atoms with van der Waals surface area (Å²) in [6.07, 6.45) is 3.45. The van der Waals surface area contributed by atoms with Crippen molar-refractivity contribution in [2.45, 2.75) is 18.9 Å². The Hall–Kier alpha value is -2.80. The van der Waals surface area contributed by atoms with Crippen LogP contribution < -0.4 is 10.1 Å². The number of benzene rings is 1. The first-order chi connectivity index (χ1) is 13.1. The molecular weight excluding hydrogens is 362 g/mol. The number of nitrogens with one attached hydrogen (secondary N) is 1. The molecule has 1 amide bonds. The Kier molecular flexibility index (Phi) is 6.13. The van der Waals surface area contributed by atoms with Gasteiger partial charge in [0.2, 0.25) is 0 Å². The van der Waals surface area contributed by atoms with Crippen molar-refractivity contribution < 1.29 is 13.9 Å². The van der Waals surface area contributed by atoms with Crippen LogP contribution in [-0.2, 0) is 0 Å². The fourth-order valence-electron chi connectivity index (χ4n) is 2.60. The van der Waals surface area contributed by atoms with Crippen LogP contribution in [0.25, 0.3) is 11.6 Å². The number of nitrogens with zero attached hydrogens (tertiary/aromatic N) is 2. The Morgan fingerprint density at radius 1 is 1.19 bits per heavy atom. The van der Waals surface area contributed by atoms with Crippen molar-refractivity contribution in [1.82, 2.24) is 15.3 Å². The number of carbonyl (C=O) groups is 1. The van der Waals surface area contributed by atoms with Crippen molar-refractivity contribution in [3.8, 4) is 17.3 Å². The Labute approximate surface area is 162 Å². The fraction of sp³-hybridized carbons (Fsp3) is 0.250. The van der Waals surface area contributed by atoms with E-state index in [1.54, 1.807) is 25.3 Å². The van der Waals surface area contributed by atoms with Gasteiger partial charge in [-0.3, -0.25) is 4.79 Å². The SMILES string of the molecule is CSc1nc(-c2ccco2)nc(C)c1C(=O)NCCOc1ccccc1C. The van der Waals surface area contributed by atoms with Gasteiger partial charge in [0, 0.05) is 0 Å². The van der Waals surface area contributed by atoms with Gasteiger partial charge in [-0.25, -0.2) is 9.97 Å². The van der Waals surface area contributed by atoms with Crippen LogP contribution in [0.1, 0.15) is 21.6 Å². The standard InChI is InChI=1S/C20H21N3O3S/c1-13-7-4-5-8-15(13)26-12-10-21-19(24)17-14(2)22-18(23-20(17)27-3)16-9-6-11-25-16/h4-9,11H,10,12H2,1-3H3,(H,21,24). The maximum Gasteiger partial charge on any atom is 0.256 e. The van der Waals surface area contributed by atoms with Gasteiger partial charge in [0.05, 0.1) is 24.1 Å². The van der Waals surface area contributed by atoms with Gasteiger partial charge in [0.25, 0.3) is 5.91 Å². The number of rotatable bonds is 7. The number of thioether (sulfide) groups is 1. The number of hydrogen-bond donors (Lipinski definition) is 1. The Bertz CT molecular complexity index is 926. The molecule has 0 aliphatic rings.